The molecule has 0 aliphatic carbocycles. The number of thiocarbonyl (C=S) groups is 1. The van der Waals surface area contributed by atoms with Crippen LogP contribution >= 0.6 is 12.2 Å². The van der Waals surface area contributed by atoms with Gasteiger partial charge >= 0.3 is 0 Å². The van der Waals surface area contributed by atoms with Crippen LogP contribution in [0.25, 0.3) is 10.9 Å². The van der Waals surface area contributed by atoms with Gasteiger partial charge in [-0.2, -0.15) is 0 Å². The van der Waals surface area contributed by atoms with E-state index in [4.69, 9.17) is 12.2 Å². The number of benzene rings is 2. The number of nitrogens with one attached hydrogen (secondary N) is 2. The van der Waals surface area contributed by atoms with E-state index in [2.05, 4.69) is 46.4 Å². The number of rotatable bonds is 2. The summed E-state index contributed by atoms with van der Waals surface area (Å²) in [5, 5.41) is 4.71. The minimum atomic E-state index is -0.155. The maximum absolute atomic E-state index is 12.6. The number of H-pyrrole nitrogens is 1. The van der Waals surface area contributed by atoms with E-state index in [9.17, 15) is 4.79 Å². The van der Waals surface area contributed by atoms with E-state index in [1.54, 1.807) is 0 Å². The average molecular weight is 378 g/mol. The molecule has 1 aliphatic rings. The van der Waals surface area contributed by atoms with Gasteiger partial charge in [0.15, 0.2) is 5.11 Å². The topological polar surface area (TPSA) is 48.1 Å². The van der Waals surface area contributed by atoms with Crippen molar-refractivity contribution in [2.45, 2.75) is 32.7 Å². The van der Waals surface area contributed by atoms with Crippen molar-refractivity contribution in [2.75, 3.05) is 6.54 Å². The zero-order valence-electron chi connectivity index (χ0n) is 15.6. The number of aryl methyl sites for hydroxylation is 1. The van der Waals surface area contributed by atoms with Crippen molar-refractivity contribution in [2.24, 2.45) is 0 Å². The molecule has 0 bridgehead atoms. The van der Waals surface area contributed by atoms with Crippen LogP contribution in [0.2, 0.25) is 0 Å². The first-order valence-corrected chi connectivity index (χ1v) is 9.77. The molecule has 1 aliphatic heterocycles. The number of fused-ring (bicyclic) bond motifs is 3. The summed E-state index contributed by atoms with van der Waals surface area (Å²) in [5.74, 6) is -0.155. The van der Waals surface area contributed by atoms with E-state index in [1.165, 1.54) is 16.6 Å². The Balaban J connectivity index is 1.57. The molecule has 1 unspecified atom stereocenters. The number of hydrogen-bond donors (Lipinski definition) is 2. The smallest absolute Gasteiger partial charge is 0.257 e. The largest absolute Gasteiger partial charge is 0.356 e. The summed E-state index contributed by atoms with van der Waals surface area (Å²) < 4.78 is 0. The highest BCUT2D eigenvalue weighted by molar-refractivity contribution is 7.80. The lowest BCUT2D eigenvalue weighted by Crippen LogP contribution is -2.47. The summed E-state index contributed by atoms with van der Waals surface area (Å²) in [4.78, 5) is 18.3. The lowest BCUT2D eigenvalue weighted by atomic mass is 9.96. The van der Waals surface area contributed by atoms with Crippen LogP contribution in [0.5, 0.6) is 0 Å². The molecule has 2 aromatic carbocycles. The number of carbonyl (C=O) groups excluding carboxylic acids is 1. The molecular weight excluding hydrogens is 354 g/mol. The molecule has 0 spiro atoms. The molecular formula is C22H23N3OS. The van der Waals surface area contributed by atoms with Gasteiger partial charge in [-0.05, 0) is 55.7 Å². The third kappa shape index (κ3) is 3.23. The third-order valence-corrected chi connectivity index (χ3v) is 5.68. The molecule has 27 heavy (non-hydrogen) atoms. The standard InChI is InChI=1S/C22H23N3OS/c1-3-19-20-17(16-6-4-5-7-18(16)23-20)12-13-25(19)22(27)24-21(26)15-10-8-14(2)9-11-15/h4-11,19,23H,3,12-13H2,1-2H3,(H,24,26,27). The van der Waals surface area contributed by atoms with Gasteiger partial charge < -0.3 is 9.88 Å². The summed E-state index contributed by atoms with van der Waals surface area (Å²) in [6, 6.07) is 16.1. The summed E-state index contributed by atoms with van der Waals surface area (Å²) in [6.45, 7) is 4.97. The van der Waals surface area contributed by atoms with Gasteiger partial charge in [0.25, 0.3) is 5.91 Å². The van der Waals surface area contributed by atoms with Crippen molar-refractivity contribution in [3.63, 3.8) is 0 Å². The summed E-state index contributed by atoms with van der Waals surface area (Å²) in [7, 11) is 0. The third-order valence-electron chi connectivity index (χ3n) is 5.34. The second-order valence-electron chi connectivity index (χ2n) is 7.06. The number of para-hydroxylation sites is 1. The summed E-state index contributed by atoms with van der Waals surface area (Å²) in [5.41, 5.74) is 5.51. The quantitative estimate of drug-likeness (QED) is 0.647. The maximum Gasteiger partial charge on any atom is 0.257 e. The highest BCUT2D eigenvalue weighted by Crippen LogP contribution is 2.36. The van der Waals surface area contributed by atoms with Crippen LogP contribution in [-0.4, -0.2) is 27.4 Å². The van der Waals surface area contributed by atoms with E-state index in [0.717, 1.165) is 30.5 Å². The molecule has 1 aromatic heterocycles. The molecule has 0 saturated carbocycles. The fourth-order valence-corrected chi connectivity index (χ4v) is 4.24. The summed E-state index contributed by atoms with van der Waals surface area (Å²) in [6.07, 6.45) is 1.83. The zero-order chi connectivity index (χ0) is 19.0. The van der Waals surface area contributed by atoms with Crippen LogP contribution in [0.4, 0.5) is 0 Å². The Labute approximate surface area is 164 Å². The van der Waals surface area contributed by atoms with Gasteiger partial charge in [-0.3, -0.25) is 10.1 Å². The molecule has 1 amide bonds. The Bertz CT molecular complexity index is 1010. The lowest BCUT2D eigenvalue weighted by Gasteiger charge is -2.37. The van der Waals surface area contributed by atoms with Crippen molar-refractivity contribution >= 4 is 34.1 Å². The highest BCUT2D eigenvalue weighted by Gasteiger charge is 2.31. The molecule has 4 nitrogen and oxygen atoms in total. The van der Waals surface area contributed by atoms with Crippen LogP contribution in [0, 0.1) is 6.92 Å². The number of amides is 1. The van der Waals surface area contributed by atoms with Crippen molar-refractivity contribution in [3.8, 4) is 0 Å². The van der Waals surface area contributed by atoms with E-state index in [0.29, 0.717) is 10.7 Å². The van der Waals surface area contributed by atoms with Crippen molar-refractivity contribution < 1.29 is 4.79 Å². The molecule has 138 valence electrons. The minimum Gasteiger partial charge on any atom is -0.356 e. The fourth-order valence-electron chi connectivity index (χ4n) is 3.93. The van der Waals surface area contributed by atoms with Crippen molar-refractivity contribution in [3.05, 3.63) is 70.9 Å². The van der Waals surface area contributed by atoms with Gasteiger partial charge in [0.2, 0.25) is 0 Å². The van der Waals surface area contributed by atoms with Crippen molar-refractivity contribution in [1.82, 2.24) is 15.2 Å². The van der Waals surface area contributed by atoms with Gasteiger partial charge in [-0.1, -0.05) is 42.8 Å². The van der Waals surface area contributed by atoms with E-state index >= 15 is 0 Å². The number of aromatic amines is 1. The van der Waals surface area contributed by atoms with Gasteiger partial charge in [-0.15, -0.1) is 0 Å². The number of hydrogen-bond acceptors (Lipinski definition) is 2. The fraction of sp³-hybridized carbons (Fsp3) is 0.273. The maximum atomic E-state index is 12.6. The molecule has 0 radical (unpaired) electrons. The van der Waals surface area contributed by atoms with Crippen LogP contribution in [0.15, 0.2) is 48.5 Å². The van der Waals surface area contributed by atoms with Crippen LogP contribution in [-0.2, 0) is 6.42 Å². The minimum absolute atomic E-state index is 0.145. The number of aromatic nitrogens is 1. The van der Waals surface area contributed by atoms with E-state index in [-0.39, 0.29) is 11.9 Å². The lowest BCUT2D eigenvalue weighted by molar-refractivity contribution is 0.0971. The van der Waals surface area contributed by atoms with E-state index < -0.39 is 0 Å². The molecule has 5 heteroatoms. The molecule has 2 heterocycles. The molecule has 1 atom stereocenters. The van der Waals surface area contributed by atoms with Crippen LogP contribution in [0.3, 0.4) is 0 Å². The SMILES string of the molecule is CCC1c2[nH]c3ccccc3c2CCN1C(=S)NC(=O)c1ccc(C)cc1. The predicted octanol–water partition coefficient (Wildman–Crippen LogP) is 4.50. The summed E-state index contributed by atoms with van der Waals surface area (Å²) >= 11 is 5.61. The van der Waals surface area contributed by atoms with Crippen molar-refractivity contribution in [1.29, 1.82) is 0 Å². The average Bonchev–Trinajstić information content (AvgIpc) is 3.06. The molecule has 2 N–H and O–H groups in total. The Morgan fingerprint density at radius 1 is 1.22 bits per heavy atom. The zero-order valence-corrected chi connectivity index (χ0v) is 16.4. The van der Waals surface area contributed by atoms with E-state index in [1.807, 2.05) is 31.2 Å². The first-order valence-electron chi connectivity index (χ1n) is 9.36. The second kappa shape index (κ2) is 7.16. The first-order chi connectivity index (χ1) is 13.1. The Hall–Kier alpha value is -2.66. The predicted molar refractivity (Wildman–Crippen MR) is 113 cm³/mol. The van der Waals surface area contributed by atoms with Gasteiger partial charge in [-0.25, -0.2) is 0 Å². The molecule has 3 aromatic rings. The number of carbonyl (C=O) groups is 1. The molecule has 0 fully saturated rings. The van der Waals surface area contributed by atoms with Gasteiger partial charge in [0, 0.05) is 28.7 Å². The Morgan fingerprint density at radius 3 is 2.70 bits per heavy atom. The van der Waals surface area contributed by atoms with Gasteiger partial charge in [0.1, 0.15) is 0 Å². The first kappa shape index (κ1) is 17.7. The normalized spacial score (nSPS) is 16.2. The number of nitrogens with zero attached hydrogens (tertiary/aromatic N) is 1. The van der Waals surface area contributed by atoms with Crippen LogP contribution < -0.4 is 5.32 Å². The van der Waals surface area contributed by atoms with Crippen LogP contribution in [0.1, 0.15) is 46.6 Å². The molecule has 0 saturated heterocycles. The Kier molecular flexibility index (Phi) is 4.70. The Morgan fingerprint density at radius 2 is 1.96 bits per heavy atom. The molecule has 4 rings (SSSR count). The highest BCUT2D eigenvalue weighted by atomic mass is 32.1. The van der Waals surface area contributed by atoms with Gasteiger partial charge in [0.05, 0.1) is 6.04 Å². The second-order valence-corrected chi connectivity index (χ2v) is 7.44. The monoisotopic (exact) mass is 377 g/mol.